The lowest BCUT2D eigenvalue weighted by atomic mass is 10.1. The van der Waals surface area contributed by atoms with Crippen LogP contribution in [0.2, 0.25) is 0 Å². The number of carboxylic acids is 1. The van der Waals surface area contributed by atoms with Crippen molar-refractivity contribution in [2.45, 2.75) is 19.4 Å². The van der Waals surface area contributed by atoms with Crippen molar-refractivity contribution in [2.24, 2.45) is 0 Å². The van der Waals surface area contributed by atoms with Gasteiger partial charge in [0.25, 0.3) is 0 Å². The molecule has 1 N–H and O–H groups in total. The number of aliphatic carboxylic acids is 1. The number of likely N-dealkylation sites (tertiary alicyclic amines) is 1. The Bertz CT molecular complexity index is 465. The molecule has 96 valence electrons. The van der Waals surface area contributed by atoms with E-state index in [9.17, 15) is 9.18 Å². The monoisotopic (exact) mass is 249 g/mol. The Morgan fingerprint density at radius 2 is 2.11 bits per heavy atom. The highest BCUT2D eigenvalue weighted by molar-refractivity contribution is 5.85. The van der Waals surface area contributed by atoms with Gasteiger partial charge in [0, 0.05) is 12.6 Å². The predicted molar refractivity (Wildman–Crippen MR) is 67.6 cm³/mol. The fourth-order valence-electron chi connectivity index (χ4n) is 2.21. The van der Waals surface area contributed by atoms with Gasteiger partial charge in [0.05, 0.1) is 0 Å². The minimum atomic E-state index is -1.02. The summed E-state index contributed by atoms with van der Waals surface area (Å²) in [6.07, 6.45) is 4.89. The molecule has 0 spiro atoms. The molecule has 1 heterocycles. The van der Waals surface area contributed by atoms with Crippen molar-refractivity contribution in [2.75, 3.05) is 13.1 Å². The molecule has 0 bridgehead atoms. The molecule has 0 radical (unpaired) electrons. The normalized spacial score (nSPS) is 16.5. The number of rotatable bonds is 4. The van der Waals surface area contributed by atoms with E-state index in [-0.39, 0.29) is 5.82 Å². The number of nitrogens with zero attached hydrogens (tertiary/aromatic N) is 1. The van der Waals surface area contributed by atoms with Gasteiger partial charge >= 0.3 is 5.97 Å². The largest absolute Gasteiger partial charge is 0.478 e. The minimum Gasteiger partial charge on any atom is -0.478 e. The summed E-state index contributed by atoms with van der Waals surface area (Å²) in [6, 6.07) is 4.53. The zero-order valence-corrected chi connectivity index (χ0v) is 10.1. The number of carbonyl (C=O) groups is 1. The van der Waals surface area contributed by atoms with Crippen LogP contribution in [0.15, 0.2) is 24.3 Å². The first-order chi connectivity index (χ1) is 8.65. The lowest BCUT2D eigenvalue weighted by Crippen LogP contribution is -2.19. The molecule has 0 amide bonds. The van der Waals surface area contributed by atoms with Gasteiger partial charge in [-0.05, 0) is 55.3 Å². The molecule has 0 aromatic heterocycles. The maximum Gasteiger partial charge on any atom is 0.328 e. The number of halogens is 1. The molecule has 1 fully saturated rings. The standard InChI is InChI=1S/C14H16FNO2/c15-13-5-3-12(10-16-7-1-2-8-16)11(9-13)4-6-14(17)18/h3-6,9H,1-2,7-8,10H2,(H,17,18)/b6-4+. The van der Waals surface area contributed by atoms with E-state index in [1.165, 1.54) is 31.1 Å². The van der Waals surface area contributed by atoms with Gasteiger partial charge in [-0.15, -0.1) is 0 Å². The molecule has 0 aliphatic carbocycles. The van der Waals surface area contributed by atoms with E-state index < -0.39 is 5.97 Å². The molecular formula is C14H16FNO2. The Morgan fingerprint density at radius 1 is 1.39 bits per heavy atom. The molecule has 1 saturated heterocycles. The summed E-state index contributed by atoms with van der Waals surface area (Å²) >= 11 is 0. The quantitative estimate of drug-likeness (QED) is 0.833. The van der Waals surface area contributed by atoms with Crippen molar-refractivity contribution in [1.29, 1.82) is 0 Å². The summed E-state index contributed by atoms with van der Waals surface area (Å²) in [6.45, 7) is 2.86. The molecule has 0 atom stereocenters. The second-order valence-electron chi connectivity index (χ2n) is 4.50. The third kappa shape index (κ3) is 3.40. The fraction of sp³-hybridized carbons (Fsp3) is 0.357. The van der Waals surface area contributed by atoms with Crippen LogP contribution in [0.4, 0.5) is 4.39 Å². The van der Waals surface area contributed by atoms with Gasteiger partial charge in [-0.2, -0.15) is 0 Å². The maximum absolute atomic E-state index is 13.2. The van der Waals surface area contributed by atoms with Crippen molar-refractivity contribution in [3.63, 3.8) is 0 Å². The summed E-state index contributed by atoms with van der Waals surface area (Å²) in [7, 11) is 0. The molecule has 0 saturated carbocycles. The third-order valence-electron chi connectivity index (χ3n) is 3.11. The highest BCUT2D eigenvalue weighted by Gasteiger charge is 2.13. The average Bonchev–Trinajstić information content (AvgIpc) is 2.82. The molecular weight excluding hydrogens is 233 g/mol. The van der Waals surface area contributed by atoms with Crippen molar-refractivity contribution >= 4 is 12.0 Å². The molecule has 1 aromatic rings. The zero-order valence-electron chi connectivity index (χ0n) is 10.1. The van der Waals surface area contributed by atoms with Crippen LogP contribution in [-0.2, 0) is 11.3 Å². The number of carboxylic acid groups (broad SMARTS) is 1. The summed E-state index contributed by atoms with van der Waals surface area (Å²) in [5.41, 5.74) is 1.61. The minimum absolute atomic E-state index is 0.342. The summed E-state index contributed by atoms with van der Waals surface area (Å²) in [5, 5.41) is 8.63. The highest BCUT2D eigenvalue weighted by Crippen LogP contribution is 2.18. The molecule has 3 nitrogen and oxygen atoms in total. The molecule has 4 heteroatoms. The van der Waals surface area contributed by atoms with Crippen LogP contribution in [-0.4, -0.2) is 29.1 Å². The SMILES string of the molecule is O=C(O)/C=C/c1cc(F)ccc1CN1CCCC1. The van der Waals surface area contributed by atoms with Crippen LogP contribution in [0.25, 0.3) is 6.08 Å². The van der Waals surface area contributed by atoms with E-state index in [4.69, 9.17) is 5.11 Å². The van der Waals surface area contributed by atoms with E-state index in [0.717, 1.165) is 31.3 Å². The van der Waals surface area contributed by atoms with Crippen LogP contribution >= 0.6 is 0 Å². The van der Waals surface area contributed by atoms with Crippen molar-refractivity contribution < 1.29 is 14.3 Å². The van der Waals surface area contributed by atoms with E-state index in [0.29, 0.717) is 5.56 Å². The number of hydrogen-bond donors (Lipinski definition) is 1. The second kappa shape index (κ2) is 5.78. The molecule has 1 aliphatic rings. The Morgan fingerprint density at radius 3 is 2.78 bits per heavy atom. The van der Waals surface area contributed by atoms with Crippen LogP contribution < -0.4 is 0 Å². The van der Waals surface area contributed by atoms with Crippen molar-refractivity contribution in [3.8, 4) is 0 Å². The van der Waals surface area contributed by atoms with Gasteiger partial charge in [-0.3, -0.25) is 4.90 Å². The van der Waals surface area contributed by atoms with Gasteiger partial charge in [-0.25, -0.2) is 9.18 Å². The molecule has 0 unspecified atom stereocenters. The van der Waals surface area contributed by atoms with E-state index in [2.05, 4.69) is 4.90 Å². The number of benzene rings is 1. The summed E-state index contributed by atoms with van der Waals surface area (Å²) < 4.78 is 13.2. The second-order valence-corrected chi connectivity index (χ2v) is 4.50. The van der Waals surface area contributed by atoms with Gasteiger partial charge in [0.1, 0.15) is 5.82 Å². The molecule has 1 aromatic carbocycles. The Balaban J connectivity index is 2.19. The van der Waals surface area contributed by atoms with Crippen molar-refractivity contribution in [3.05, 3.63) is 41.2 Å². The van der Waals surface area contributed by atoms with Gasteiger partial charge in [0.2, 0.25) is 0 Å². The lowest BCUT2D eigenvalue weighted by molar-refractivity contribution is -0.131. The van der Waals surface area contributed by atoms with Gasteiger partial charge < -0.3 is 5.11 Å². The van der Waals surface area contributed by atoms with Crippen LogP contribution in [0.5, 0.6) is 0 Å². The smallest absolute Gasteiger partial charge is 0.328 e. The lowest BCUT2D eigenvalue weighted by Gasteiger charge is -2.16. The van der Waals surface area contributed by atoms with Gasteiger partial charge in [0.15, 0.2) is 0 Å². The summed E-state index contributed by atoms with van der Waals surface area (Å²) in [5.74, 6) is -1.36. The summed E-state index contributed by atoms with van der Waals surface area (Å²) in [4.78, 5) is 12.8. The van der Waals surface area contributed by atoms with Crippen LogP contribution in [0.3, 0.4) is 0 Å². The van der Waals surface area contributed by atoms with E-state index in [1.807, 2.05) is 0 Å². The predicted octanol–water partition coefficient (Wildman–Crippen LogP) is 2.52. The van der Waals surface area contributed by atoms with E-state index in [1.54, 1.807) is 6.07 Å². The van der Waals surface area contributed by atoms with Crippen LogP contribution in [0, 0.1) is 5.82 Å². The first-order valence-electron chi connectivity index (χ1n) is 6.07. The topological polar surface area (TPSA) is 40.5 Å². The van der Waals surface area contributed by atoms with E-state index >= 15 is 0 Å². The first kappa shape index (κ1) is 12.8. The zero-order chi connectivity index (χ0) is 13.0. The average molecular weight is 249 g/mol. The first-order valence-corrected chi connectivity index (χ1v) is 6.07. The Hall–Kier alpha value is -1.68. The Labute approximate surface area is 106 Å². The molecule has 1 aliphatic heterocycles. The highest BCUT2D eigenvalue weighted by atomic mass is 19.1. The fourth-order valence-corrected chi connectivity index (χ4v) is 2.21. The Kier molecular flexibility index (Phi) is 4.10. The third-order valence-corrected chi connectivity index (χ3v) is 3.11. The van der Waals surface area contributed by atoms with Crippen molar-refractivity contribution in [1.82, 2.24) is 4.90 Å². The molecule has 2 rings (SSSR count). The maximum atomic E-state index is 13.2. The van der Waals surface area contributed by atoms with Crippen LogP contribution in [0.1, 0.15) is 24.0 Å². The number of hydrogen-bond acceptors (Lipinski definition) is 2. The molecule has 18 heavy (non-hydrogen) atoms. The van der Waals surface area contributed by atoms with Gasteiger partial charge in [-0.1, -0.05) is 6.07 Å².